The maximum absolute atomic E-state index is 13.7. The summed E-state index contributed by atoms with van der Waals surface area (Å²) in [6.45, 7) is 5.23. The molecule has 0 saturated heterocycles. The zero-order valence-corrected chi connectivity index (χ0v) is 27.3. The molecule has 0 aliphatic rings. The van der Waals surface area contributed by atoms with Gasteiger partial charge in [0.1, 0.15) is 12.1 Å². The predicted molar refractivity (Wildman–Crippen MR) is 177 cm³/mol. The molecule has 0 saturated carbocycles. The van der Waals surface area contributed by atoms with E-state index in [0.717, 1.165) is 0 Å². The summed E-state index contributed by atoms with van der Waals surface area (Å²) < 4.78 is 0. The van der Waals surface area contributed by atoms with Crippen LogP contribution in [0.5, 0.6) is 0 Å². The summed E-state index contributed by atoms with van der Waals surface area (Å²) in [4.78, 5) is 75.0. The molecular weight excluding hydrogens is 630 g/mol. The number of amides is 4. The molecule has 2 aromatic rings. The third-order valence-corrected chi connectivity index (χ3v) is 8.00. The summed E-state index contributed by atoms with van der Waals surface area (Å²) >= 11 is 1.36. The summed E-state index contributed by atoms with van der Waals surface area (Å²) in [7, 11) is 0. The minimum Gasteiger partial charge on any atom is -0.481 e. The van der Waals surface area contributed by atoms with Crippen molar-refractivity contribution in [3.05, 3.63) is 65.7 Å². The maximum Gasteiger partial charge on any atom is 0.335 e. The molecule has 0 aromatic heterocycles. The lowest BCUT2D eigenvalue weighted by Gasteiger charge is -2.28. The third kappa shape index (κ3) is 13.0. The molecule has 0 bridgehead atoms. The van der Waals surface area contributed by atoms with Crippen molar-refractivity contribution >= 4 is 53.0 Å². The number of aromatic carboxylic acids is 1. The van der Waals surface area contributed by atoms with Gasteiger partial charge in [0, 0.05) is 17.9 Å². The molecule has 256 valence electrons. The van der Waals surface area contributed by atoms with Gasteiger partial charge in [-0.15, -0.1) is 0 Å². The highest BCUT2D eigenvalue weighted by molar-refractivity contribution is 7.99. The Morgan fingerprint density at radius 3 is 2.13 bits per heavy atom. The number of carbonyl (C=O) groups excluding carboxylic acids is 4. The number of aliphatic carboxylic acids is 1. The highest BCUT2D eigenvalue weighted by Gasteiger charge is 2.33. The van der Waals surface area contributed by atoms with E-state index in [-0.39, 0.29) is 36.3 Å². The molecule has 0 unspecified atom stereocenters. The van der Waals surface area contributed by atoms with Crippen LogP contribution in [-0.4, -0.2) is 92.7 Å². The third-order valence-electron chi connectivity index (χ3n) is 7.03. The number of carboxylic acid groups (broad SMARTS) is 2. The highest BCUT2D eigenvalue weighted by Crippen LogP contribution is 2.14. The average Bonchev–Trinajstić information content (AvgIpc) is 3.03. The van der Waals surface area contributed by atoms with Gasteiger partial charge in [-0.05, 0) is 48.3 Å². The van der Waals surface area contributed by atoms with E-state index >= 15 is 0 Å². The lowest BCUT2D eigenvalue weighted by Crippen LogP contribution is -2.60. The van der Waals surface area contributed by atoms with Crippen LogP contribution < -0.4 is 27.0 Å². The molecule has 2 aromatic carbocycles. The summed E-state index contributed by atoms with van der Waals surface area (Å²) in [6.07, 6.45) is -2.20. The first-order valence-corrected chi connectivity index (χ1v) is 16.2. The molecule has 9 N–H and O–H groups in total. The van der Waals surface area contributed by atoms with Gasteiger partial charge in [-0.1, -0.05) is 57.2 Å². The second-order valence-electron chi connectivity index (χ2n) is 11.1. The van der Waals surface area contributed by atoms with Crippen molar-refractivity contribution < 1.29 is 44.1 Å². The fraction of sp³-hybridized carbons (Fsp3) is 0.438. The van der Waals surface area contributed by atoms with Crippen molar-refractivity contribution in [1.82, 2.24) is 16.0 Å². The van der Waals surface area contributed by atoms with E-state index in [2.05, 4.69) is 21.3 Å². The van der Waals surface area contributed by atoms with Gasteiger partial charge in [-0.25, -0.2) is 4.79 Å². The van der Waals surface area contributed by atoms with Crippen LogP contribution >= 0.6 is 11.8 Å². The summed E-state index contributed by atoms with van der Waals surface area (Å²) in [6, 6.07) is 9.72. The van der Waals surface area contributed by atoms with E-state index in [1.165, 1.54) is 36.0 Å². The van der Waals surface area contributed by atoms with Crippen molar-refractivity contribution in [3.63, 3.8) is 0 Å². The molecule has 5 atom stereocenters. The SMILES string of the molecule is CCSC[C@H](NC(=O)[C@@H](NC(=O)[C@@H](N)CCC(=O)O)C(C)C)C(=O)N[C@@H](Cc1ccccc1)[C@@H](O)C(=O)Nc1cccc(C(=O)O)c1. The number of aliphatic hydroxyl groups excluding tert-OH is 1. The first kappa shape index (κ1) is 38.7. The molecule has 0 spiro atoms. The van der Waals surface area contributed by atoms with Crippen LogP contribution in [0.4, 0.5) is 5.69 Å². The number of benzene rings is 2. The summed E-state index contributed by atoms with van der Waals surface area (Å²) in [5.74, 6) is -4.97. The van der Waals surface area contributed by atoms with Crippen molar-refractivity contribution in [2.24, 2.45) is 11.7 Å². The first-order chi connectivity index (χ1) is 22.2. The number of carbonyl (C=O) groups is 6. The number of nitrogens with two attached hydrogens (primary N) is 1. The van der Waals surface area contributed by atoms with Crippen LogP contribution in [-0.2, 0) is 30.4 Å². The van der Waals surface area contributed by atoms with Crippen LogP contribution in [0.15, 0.2) is 54.6 Å². The number of rotatable bonds is 19. The van der Waals surface area contributed by atoms with E-state index < -0.39 is 71.8 Å². The number of aliphatic hydroxyl groups is 1. The first-order valence-electron chi connectivity index (χ1n) is 15.1. The Balaban J connectivity index is 2.26. The number of nitrogens with one attached hydrogen (secondary N) is 4. The van der Waals surface area contributed by atoms with Gasteiger partial charge >= 0.3 is 11.9 Å². The Morgan fingerprint density at radius 2 is 1.53 bits per heavy atom. The van der Waals surface area contributed by atoms with Gasteiger partial charge in [-0.3, -0.25) is 24.0 Å². The van der Waals surface area contributed by atoms with Crippen molar-refractivity contribution in [3.8, 4) is 0 Å². The van der Waals surface area contributed by atoms with E-state index in [1.54, 1.807) is 44.2 Å². The summed E-state index contributed by atoms with van der Waals surface area (Å²) in [5.41, 5.74) is 6.57. The molecule has 0 fully saturated rings. The quantitative estimate of drug-likeness (QED) is 0.105. The number of hydrogen-bond donors (Lipinski definition) is 8. The van der Waals surface area contributed by atoms with Gasteiger partial charge < -0.3 is 42.3 Å². The van der Waals surface area contributed by atoms with Crippen LogP contribution in [0.2, 0.25) is 0 Å². The molecule has 2 rings (SSSR count). The molecule has 15 heteroatoms. The zero-order valence-electron chi connectivity index (χ0n) is 26.5. The standard InChI is InChI=1S/C32H43N5O9S/c1-4-47-17-24(36-30(43)26(18(2)3)37-28(41)22(33)13-14-25(38)39)29(42)35-23(15-19-9-6-5-7-10-19)27(40)31(44)34-21-12-8-11-20(16-21)32(45)46/h5-12,16,18,22-24,26-27,40H,4,13-15,17,33H2,1-3H3,(H,34,44)(H,35,42)(H,36,43)(H,37,41)(H,38,39)(H,45,46)/t22-,23-,24-,26-,27+/m0/s1. The van der Waals surface area contributed by atoms with Crippen LogP contribution in [0.3, 0.4) is 0 Å². The molecule has 0 heterocycles. The van der Waals surface area contributed by atoms with Crippen molar-refractivity contribution in [1.29, 1.82) is 0 Å². The van der Waals surface area contributed by atoms with E-state index in [9.17, 15) is 39.0 Å². The Kier molecular flexibility index (Phi) is 15.9. The minimum absolute atomic E-state index is 0.0385. The predicted octanol–water partition coefficient (Wildman–Crippen LogP) is 0.983. The van der Waals surface area contributed by atoms with E-state index in [0.29, 0.717) is 11.3 Å². The molecule has 0 aliphatic carbocycles. The van der Waals surface area contributed by atoms with E-state index in [4.69, 9.17) is 10.8 Å². The molecule has 14 nitrogen and oxygen atoms in total. The second kappa shape index (κ2) is 19.3. The Labute approximate surface area is 277 Å². The zero-order chi connectivity index (χ0) is 35.1. The molecular formula is C32H43N5O9S. The number of thioether (sulfide) groups is 1. The molecule has 4 amide bonds. The minimum atomic E-state index is -1.78. The Hall–Kier alpha value is -4.47. The smallest absolute Gasteiger partial charge is 0.335 e. The molecule has 0 aliphatic heterocycles. The fourth-order valence-electron chi connectivity index (χ4n) is 4.41. The lowest BCUT2D eigenvalue weighted by molar-refractivity contribution is -0.137. The second-order valence-corrected chi connectivity index (χ2v) is 12.4. The highest BCUT2D eigenvalue weighted by atomic mass is 32.2. The number of hydrogen-bond acceptors (Lipinski definition) is 9. The fourth-order valence-corrected chi connectivity index (χ4v) is 5.11. The van der Waals surface area contributed by atoms with Gasteiger partial charge in [-0.2, -0.15) is 11.8 Å². The maximum atomic E-state index is 13.7. The van der Waals surface area contributed by atoms with Gasteiger partial charge in [0.15, 0.2) is 6.10 Å². The topological polar surface area (TPSA) is 237 Å². The van der Waals surface area contributed by atoms with Crippen LogP contribution in [0, 0.1) is 5.92 Å². The van der Waals surface area contributed by atoms with Gasteiger partial charge in [0.25, 0.3) is 5.91 Å². The van der Waals surface area contributed by atoms with Gasteiger partial charge in [0.05, 0.1) is 17.6 Å². The Morgan fingerprint density at radius 1 is 0.851 bits per heavy atom. The van der Waals surface area contributed by atoms with Crippen LogP contribution in [0.25, 0.3) is 0 Å². The van der Waals surface area contributed by atoms with Crippen molar-refractivity contribution in [2.45, 2.75) is 70.3 Å². The normalized spacial score (nSPS) is 14.2. The monoisotopic (exact) mass is 673 g/mol. The molecule has 0 radical (unpaired) electrons. The largest absolute Gasteiger partial charge is 0.481 e. The number of anilines is 1. The number of carboxylic acids is 2. The Bertz CT molecular complexity index is 1390. The summed E-state index contributed by atoms with van der Waals surface area (Å²) in [5, 5.41) is 39.7. The van der Waals surface area contributed by atoms with Gasteiger partial charge in [0.2, 0.25) is 17.7 Å². The average molecular weight is 674 g/mol. The lowest BCUT2D eigenvalue weighted by atomic mass is 9.99. The van der Waals surface area contributed by atoms with Crippen molar-refractivity contribution in [2.75, 3.05) is 16.8 Å². The van der Waals surface area contributed by atoms with E-state index in [1.807, 2.05) is 6.92 Å². The molecule has 47 heavy (non-hydrogen) atoms. The van der Waals surface area contributed by atoms with Crippen LogP contribution in [0.1, 0.15) is 49.5 Å².